The van der Waals surface area contributed by atoms with Crippen molar-refractivity contribution in [1.82, 2.24) is 0 Å². The molecular formula is C42H26O. The zero-order chi connectivity index (χ0) is 31.8. The Hall–Kier alpha value is -5.66. The Labute approximate surface area is 254 Å². The van der Waals surface area contributed by atoms with E-state index < -0.39 is 0 Å². The molecule has 0 amide bonds. The average Bonchev–Trinajstić information content (AvgIpc) is 3.51. The van der Waals surface area contributed by atoms with E-state index in [1.807, 2.05) is 78.9 Å². The summed E-state index contributed by atoms with van der Waals surface area (Å²) in [5.74, 6) is 0. The lowest BCUT2D eigenvalue weighted by atomic mass is 9.85. The van der Waals surface area contributed by atoms with E-state index in [1.54, 1.807) is 0 Å². The van der Waals surface area contributed by atoms with E-state index in [4.69, 9.17) is 7.16 Å². The Morgan fingerprint density at radius 2 is 0.884 bits per heavy atom. The van der Waals surface area contributed by atoms with Gasteiger partial charge in [0.2, 0.25) is 0 Å². The molecule has 1 nitrogen and oxygen atoms in total. The second-order valence-corrected chi connectivity index (χ2v) is 10.9. The number of hydrogen-bond acceptors (Lipinski definition) is 1. The molecular weight excluding hydrogens is 520 g/mol. The zero-order valence-electron chi connectivity index (χ0n) is 27.1. The minimum atomic E-state index is -0.0563. The molecule has 0 aliphatic rings. The summed E-state index contributed by atoms with van der Waals surface area (Å²) >= 11 is 0. The first kappa shape index (κ1) is 20.3. The fourth-order valence-corrected chi connectivity index (χ4v) is 6.60. The van der Waals surface area contributed by atoms with Crippen LogP contribution in [0.4, 0.5) is 0 Å². The molecule has 0 spiro atoms. The van der Waals surface area contributed by atoms with Crippen LogP contribution in [0, 0.1) is 0 Å². The molecule has 0 unspecified atom stereocenters. The van der Waals surface area contributed by atoms with Gasteiger partial charge in [-0.25, -0.2) is 0 Å². The molecule has 0 aliphatic carbocycles. The van der Waals surface area contributed by atoms with Crippen LogP contribution in [0.3, 0.4) is 0 Å². The molecule has 0 N–H and O–H groups in total. The monoisotopic (exact) mass is 550 g/mol. The first-order chi connectivity index (χ1) is 23.0. The summed E-state index contributed by atoms with van der Waals surface area (Å²) in [6, 6.07) is 44.0. The first-order valence-electron chi connectivity index (χ1n) is 16.5. The summed E-state index contributed by atoms with van der Waals surface area (Å²) in [6.07, 6.45) is 0. The van der Waals surface area contributed by atoms with Crippen molar-refractivity contribution >= 4 is 54.3 Å². The summed E-state index contributed by atoms with van der Waals surface area (Å²) in [5.41, 5.74) is 5.58. The van der Waals surface area contributed by atoms with Crippen molar-refractivity contribution in [3.63, 3.8) is 0 Å². The number of rotatable bonds is 3. The molecule has 43 heavy (non-hydrogen) atoms. The SMILES string of the molecule is [2H]c1c([2H])c(-c2c3ccccc3c(-c3cccc4c3oc3c5ccccc5ccc43)c3ccccc23)c([2H])c([2H])c1-c1ccccc1. The Balaban J connectivity index is 1.40. The summed E-state index contributed by atoms with van der Waals surface area (Å²) < 4.78 is 43.4. The zero-order valence-corrected chi connectivity index (χ0v) is 23.1. The van der Waals surface area contributed by atoms with Gasteiger partial charge in [-0.1, -0.05) is 152 Å². The second kappa shape index (κ2) is 9.44. The third kappa shape index (κ3) is 3.65. The van der Waals surface area contributed by atoms with Gasteiger partial charge >= 0.3 is 0 Å². The molecule has 200 valence electrons. The van der Waals surface area contributed by atoms with Crippen LogP contribution >= 0.6 is 0 Å². The van der Waals surface area contributed by atoms with E-state index in [0.29, 0.717) is 22.3 Å². The summed E-state index contributed by atoms with van der Waals surface area (Å²) in [5, 5.41) is 7.90. The summed E-state index contributed by atoms with van der Waals surface area (Å²) in [4.78, 5) is 0. The molecule has 9 aromatic rings. The second-order valence-electron chi connectivity index (χ2n) is 10.9. The maximum absolute atomic E-state index is 9.26. The highest BCUT2D eigenvalue weighted by Crippen LogP contribution is 2.47. The van der Waals surface area contributed by atoms with E-state index in [1.165, 1.54) is 0 Å². The fraction of sp³-hybridized carbons (Fsp3) is 0. The van der Waals surface area contributed by atoms with Gasteiger partial charge in [0.1, 0.15) is 11.2 Å². The molecule has 1 aromatic heterocycles. The van der Waals surface area contributed by atoms with Crippen LogP contribution in [-0.2, 0) is 0 Å². The van der Waals surface area contributed by atoms with E-state index >= 15 is 0 Å². The lowest BCUT2D eigenvalue weighted by Crippen LogP contribution is -1.91. The minimum Gasteiger partial charge on any atom is -0.455 e. The van der Waals surface area contributed by atoms with Gasteiger partial charge in [-0.05, 0) is 55.3 Å². The smallest absolute Gasteiger partial charge is 0.143 e. The third-order valence-electron chi connectivity index (χ3n) is 8.53. The lowest BCUT2D eigenvalue weighted by molar-refractivity contribution is 0.674. The number of fused-ring (bicyclic) bond motifs is 7. The lowest BCUT2D eigenvalue weighted by Gasteiger charge is -2.18. The maximum Gasteiger partial charge on any atom is 0.143 e. The topological polar surface area (TPSA) is 13.1 Å². The Kier molecular flexibility index (Phi) is 4.45. The van der Waals surface area contributed by atoms with Gasteiger partial charge in [-0.3, -0.25) is 0 Å². The highest BCUT2D eigenvalue weighted by Gasteiger charge is 2.20. The molecule has 0 fully saturated rings. The van der Waals surface area contributed by atoms with Crippen molar-refractivity contribution < 1.29 is 9.90 Å². The Morgan fingerprint density at radius 1 is 0.349 bits per heavy atom. The molecule has 9 rings (SSSR count). The molecule has 0 saturated heterocycles. The van der Waals surface area contributed by atoms with Crippen LogP contribution < -0.4 is 0 Å². The van der Waals surface area contributed by atoms with Crippen LogP contribution in [-0.4, -0.2) is 0 Å². The quantitative estimate of drug-likeness (QED) is 0.199. The van der Waals surface area contributed by atoms with Gasteiger partial charge < -0.3 is 4.42 Å². The Bertz CT molecular complexity index is 2640. The van der Waals surface area contributed by atoms with Crippen LogP contribution in [0.15, 0.2) is 162 Å². The number of furan rings is 1. The number of benzene rings is 8. The summed E-state index contributed by atoms with van der Waals surface area (Å²) in [6.45, 7) is 0. The minimum absolute atomic E-state index is 0.0521. The predicted molar refractivity (Wildman–Crippen MR) is 183 cm³/mol. The van der Waals surface area contributed by atoms with Gasteiger partial charge in [0, 0.05) is 27.3 Å². The van der Waals surface area contributed by atoms with Gasteiger partial charge in [-0.2, -0.15) is 0 Å². The van der Waals surface area contributed by atoms with Gasteiger partial charge in [0.25, 0.3) is 0 Å². The molecule has 0 saturated carbocycles. The van der Waals surface area contributed by atoms with Crippen molar-refractivity contribution in [3.05, 3.63) is 158 Å². The molecule has 1 heteroatoms. The van der Waals surface area contributed by atoms with E-state index in [2.05, 4.69) is 54.6 Å². The van der Waals surface area contributed by atoms with Crippen molar-refractivity contribution in [1.29, 1.82) is 0 Å². The first-order valence-corrected chi connectivity index (χ1v) is 14.5. The van der Waals surface area contributed by atoms with Gasteiger partial charge in [0.15, 0.2) is 0 Å². The average molecular weight is 551 g/mol. The Morgan fingerprint density at radius 3 is 1.58 bits per heavy atom. The van der Waals surface area contributed by atoms with E-state index in [0.717, 1.165) is 65.4 Å². The van der Waals surface area contributed by atoms with Crippen LogP contribution in [0.2, 0.25) is 0 Å². The molecule has 0 bridgehead atoms. The fourth-order valence-electron chi connectivity index (χ4n) is 6.60. The van der Waals surface area contributed by atoms with Crippen LogP contribution in [0.25, 0.3) is 87.6 Å². The van der Waals surface area contributed by atoms with Crippen LogP contribution in [0.1, 0.15) is 5.48 Å². The number of hydrogen-bond donors (Lipinski definition) is 0. The largest absolute Gasteiger partial charge is 0.455 e. The standard InChI is InChI=1S/C42H26O/c1-2-11-27(12-3-1)28-21-23-30(24-22-28)39-32-15-6-8-17-34(32)40(35-18-9-7-16-33(35)39)38-20-10-19-36-37-26-25-29-13-4-5-14-31(29)41(37)43-42(36)38/h1-26H/i21D,22D,23D,24D. The molecule has 0 aliphatic heterocycles. The third-order valence-corrected chi connectivity index (χ3v) is 8.53. The molecule has 0 radical (unpaired) electrons. The van der Waals surface area contributed by atoms with E-state index in [9.17, 15) is 2.74 Å². The van der Waals surface area contributed by atoms with Crippen LogP contribution in [0.5, 0.6) is 0 Å². The van der Waals surface area contributed by atoms with Crippen molar-refractivity contribution in [2.45, 2.75) is 0 Å². The highest BCUT2D eigenvalue weighted by molar-refractivity contribution is 6.25. The predicted octanol–water partition coefficient (Wildman–Crippen LogP) is 12.0. The van der Waals surface area contributed by atoms with Gasteiger partial charge in [-0.15, -0.1) is 0 Å². The maximum atomic E-state index is 9.26. The van der Waals surface area contributed by atoms with Gasteiger partial charge in [0.05, 0.1) is 5.48 Å². The van der Waals surface area contributed by atoms with Crippen molar-refractivity contribution in [2.75, 3.05) is 0 Å². The molecule has 1 heterocycles. The molecule has 0 atom stereocenters. The molecule has 8 aromatic carbocycles. The van der Waals surface area contributed by atoms with Crippen molar-refractivity contribution in [2.24, 2.45) is 0 Å². The number of para-hydroxylation sites is 1. The van der Waals surface area contributed by atoms with E-state index in [-0.39, 0.29) is 24.2 Å². The summed E-state index contributed by atoms with van der Waals surface area (Å²) in [7, 11) is 0. The normalized spacial score (nSPS) is 13.0. The van der Waals surface area contributed by atoms with Crippen molar-refractivity contribution in [3.8, 4) is 33.4 Å². The highest BCUT2D eigenvalue weighted by atomic mass is 16.3.